The van der Waals surface area contributed by atoms with E-state index in [2.05, 4.69) is 117 Å². The zero-order valence-electron chi connectivity index (χ0n) is 23.3. The summed E-state index contributed by atoms with van der Waals surface area (Å²) in [4.78, 5) is 12.3. The summed E-state index contributed by atoms with van der Waals surface area (Å²) in [5.74, 6) is 0. The van der Waals surface area contributed by atoms with Crippen molar-refractivity contribution in [1.82, 2.24) is 0 Å². The molecule has 2 aromatic rings. The highest BCUT2D eigenvalue weighted by molar-refractivity contribution is 5.62. The monoisotopic (exact) mass is 462 g/mol. The van der Waals surface area contributed by atoms with E-state index in [1.54, 1.807) is 0 Å². The first-order chi connectivity index (χ1) is 15.4. The van der Waals surface area contributed by atoms with Crippen molar-refractivity contribution in [2.24, 2.45) is 0 Å². The second-order valence-electron chi connectivity index (χ2n) is 12.5. The van der Waals surface area contributed by atoms with Gasteiger partial charge in [-0.15, -0.1) is 0 Å². The lowest BCUT2D eigenvalue weighted by atomic mass is 9.75. The first-order valence-electron chi connectivity index (χ1n) is 12.3. The molecule has 34 heavy (non-hydrogen) atoms. The molecule has 0 bridgehead atoms. The molecule has 0 aromatic heterocycles. The van der Waals surface area contributed by atoms with E-state index in [4.69, 9.17) is 9.78 Å². The molecule has 0 amide bonds. The van der Waals surface area contributed by atoms with E-state index >= 15 is 0 Å². The minimum absolute atomic E-state index is 0.0786. The van der Waals surface area contributed by atoms with Crippen LogP contribution in [0.15, 0.2) is 61.7 Å². The molecule has 0 radical (unpaired) electrons. The van der Waals surface area contributed by atoms with Gasteiger partial charge in [0, 0.05) is 0 Å². The molecule has 0 heterocycles. The Balaban J connectivity index is 2.10. The fourth-order valence-electron chi connectivity index (χ4n) is 5.03. The second-order valence-corrected chi connectivity index (χ2v) is 12.5. The van der Waals surface area contributed by atoms with Crippen LogP contribution in [0.5, 0.6) is 0 Å². The van der Waals surface area contributed by atoms with Crippen molar-refractivity contribution >= 4 is 11.1 Å². The van der Waals surface area contributed by atoms with Gasteiger partial charge in [-0.3, -0.25) is 0 Å². The summed E-state index contributed by atoms with van der Waals surface area (Å²) in [5, 5.41) is 0. The first kappa shape index (κ1) is 28.1. The third-order valence-electron chi connectivity index (χ3n) is 6.50. The lowest BCUT2D eigenvalue weighted by molar-refractivity contribution is -0.405. The summed E-state index contributed by atoms with van der Waals surface area (Å²) in [6.07, 6.45) is 1.64. The maximum absolute atomic E-state index is 6.14. The molecule has 0 N–H and O–H groups in total. The number of hydrogen-bond acceptors (Lipinski definition) is 2. The summed E-state index contributed by atoms with van der Waals surface area (Å²) < 4.78 is 0. The average Bonchev–Trinajstić information content (AvgIpc) is 2.71. The van der Waals surface area contributed by atoms with Gasteiger partial charge < -0.3 is 0 Å². The Hall–Kier alpha value is -2.16. The number of hydrogen-bond donors (Lipinski definition) is 0. The molecule has 0 aliphatic carbocycles. The molecular weight excluding hydrogens is 416 g/mol. The van der Waals surface area contributed by atoms with Crippen LogP contribution < -0.4 is 0 Å². The van der Waals surface area contributed by atoms with Gasteiger partial charge in [-0.1, -0.05) is 101 Å². The lowest BCUT2D eigenvalue weighted by Crippen LogP contribution is -2.40. The molecule has 0 fully saturated rings. The van der Waals surface area contributed by atoms with Crippen LogP contribution >= 0.6 is 0 Å². The summed E-state index contributed by atoms with van der Waals surface area (Å²) in [6.45, 7) is 29.8. The highest BCUT2D eigenvalue weighted by atomic mass is 17.2. The van der Waals surface area contributed by atoms with Crippen molar-refractivity contribution in [3.05, 3.63) is 83.9 Å². The first-order valence-corrected chi connectivity index (χ1v) is 12.3. The molecule has 0 spiro atoms. The van der Waals surface area contributed by atoms with E-state index in [0.717, 1.165) is 24.0 Å². The fraction of sp³-hybridized carbons (Fsp3) is 0.500. The summed E-state index contributed by atoms with van der Waals surface area (Å²) in [7, 11) is 0. The predicted molar refractivity (Wildman–Crippen MR) is 148 cm³/mol. The minimum atomic E-state index is -0.454. The molecular formula is C32H46O2. The van der Waals surface area contributed by atoms with Crippen LogP contribution in [0.1, 0.15) is 104 Å². The summed E-state index contributed by atoms with van der Waals surface area (Å²) >= 11 is 0. The van der Waals surface area contributed by atoms with Crippen LogP contribution in [0.3, 0.4) is 0 Å². The van der Waals surface area contributed by atoms with E-state index in [1.165, 1.54) is 22.3 Å². The second kappa shape index (κ2) is 10.2. The molecule has 0 aliphatic rings. The van der Waals surface area contributed by atoms with E-state index in [-0.39, 0.29) is 10.8 Å². The SMILES string of the molecule is C=C(C)c1cccc(C(C)(C)CC(C)(C)OOC(C)(C)CC(C)(C)c2cccc(C(=C)C)c2)c1. The molecule has 0 atom stereocenters. The van der Waals surface area contributed by atoms with Crippen LogP contribution in [0.2, 0.25) is 0 Å². The van der Waals surface area contributed by atoms with Crippen molar-refractivity contribution in [3.63, 3.8) is 0 Å². The molecule has 0 saturated heterocycles. The molecule has 2 rings (SSSR count). The smallest absolute Gasteiger partial charge is 0.0988 e. The Kier molecular flexibility index (Phi) is 8.44. The standard InChI is InChI=1S/C32H46O2/c1-23(2)25-15-13-17-27(19-25)29(5,6)21-31(9,10)33-34-32(11,12)22-30(7,8)28-18-14-16-26(20-28)24(3)4/h13-20H,1,3,21-22H2,2,4-12H3. The maximum Gasteiger partial charge on any atom is 0.0988 e. The van der Waals surface area contributed by atoms with Crippen molar-refractivity contribution in [3.8, 4) is 0 Å². The summed E-state index contributed by atoms with van der Waals surface area (Å²) in [6, 6.07) is 17.3. The van der Waals surface area contributed by atoms with Crippen LogP contribution in [0.4, 0.5) is 0 Å². The molecule has 2 heteroatoms. The van der Waals surface area contributed by atoms with Gasteiger partial charge in [0.15, 0.2) is 0 Å². The molecule has 0 unspecified atom stereocenters. The van der Waals surface area contributed by atoms with Crippen LogP contribution in [0.25, 0.3) is 11.1 Å². The van der Waals surface area contributed by atoms with Gasteiger partial charge in [0.1, 0.15) is 0 Å². The zero-order valence-corrected chi connectivity index (χ0v) is 23.3. The van der Waals surface area contributed by atoms with Crippen molar-refractivity contribution < 1.29 is 9.78 Å². The normalized spacial score (nSPS) is 13.1. The predicted octanol–water partition coefficient (Wildman–Crippen LogP) is 9.29. The van der Waals surface area contributed by atoms with Gasteiger partial charge in [-0.2, -0.15) is 0 Å². The van der Waals surface area contributed by atoms with Crippen LogP contribution in [-0.2, 0) is 20.6 Å². The quantitative estimate of drug-likeness (QED) is 0.245. The van der Waals surface area contributed by atoms with Gasteiger partial charge in [0.05, 0.1) is 11.2 Å². The fourth-order valence-corrected chi connectivity index (χ4v) is 5.03. The van der Waals surface area contributed by atoms with Gasteiger partial charge in [-0.05, 0) is 87.5 Å². The molecule has 2 nitrogen and oxygen atoms in total. The Morgan fingerprint density at radius 3 is 1.24 bits per heavy atom. The molecule has 2 aromatic carbocycles. The van der Waals surface area contributed by atoms with Gasteiger partial charge in [0.2, 0.25) is 0 Å². The van der Waals surface area contributed by atoms with Gasteiger partial charge in [-0.25, -0.2) is 9.78 Å². The number of rotatable bonds is 11. The molecule has 0 saturated carbocycles. The Labute approximate surface area is 209 Å². The largest absolute Gasteiger partial charge is 0.230 e. The third kappa shape index (κ3) is 7.68. The Bertz CT molecular complexity index is 937. The van der Waals surface area contributed by atoms with Gasteiger partial charge >= 0.3 is 0 Å². The summed E-state index contributed by atoms with van der Waals surface area (Å²) in [5.41, 5.74) is 6.01. The third-order valence-corrected chi connectivity index (χ3v) is 6.50. The van der Waals surface area contributed by atoms with Crippen LogP contribution in [0, 0.1) is 0 Å². The average molecular weight is 463 g/mol. The highest BCUT2D eigenvalue weighted by Crippen LogP contribution is 2.38. The maximum atomic E-state index is 6.14. The van der Waals surface area contributed by atoms with E-state index < -0.39 is 11.2 Å². The van der Waals surface area contributed by atoms with E-state index in [9.17, 15) is 0 Å². The molecule has 0 aliphatic heterocycles. The topological polar surface area (TPSA) is 18.5 Å². The highest BCUT2D eigenvalue weighted by Gasteiger charge is 2.36. The Morgan fingerprint density at radius 2 is 0.941 bits per heavy atom. The van der Waals surface area contributed by atoms with E-state index in [0.29, 0.717) is 0 Å². The zero-order chi connectivity index (χ0) is 25.9. The molecule has 186 valence electrons. The number of benzene rings is 2. The van der Waals surface area contributed by atoms with Crippen molar-refractivity contribution in [1.29, 1.82) is 0 Å². The lowest BCUT2D eigenvalue weighted by Gasteiger charge is -2.39. The van der Waals surface area contributed by atoms with Crippen molar-refractivity contribution in [2.75, 3.05) is 0 Å². The van der Waals surface area contributed by atoms with Crippen LogP contribution in [-0.4, -0.2) is 11.2 Å². The minimum Gasteiger partial charge on any atom is -0.230 e. The Morgan fingerprint density at radius 1 is 0.618 bits per heavy atom. The van der Waals surface area contributed by atoms with Gasteiger partial charge in [0.25, 0.3) is 0 Å². The van der Waals surface area contributed by atoms with Crippen molar-refractivity contribution in [2.45, 2.75) is 104 Å². The number of allylic oxidation sites excluding steroid dienone is 2. The van der Waals surface area contributed by atoms with E-state index in [1.807, 2.05) is 13.8 Å².